The standard InChI is InChI=1S/C13H13BrF3NO5/c1-12(2,3)23-11(20)18-10(19)21-9-6-7(4-5-8(9)14)22-13(15,16)17/h4-6H,1-3H3,(H,18,19,20). The number of imide groups is 1. The second-order valence-electron chi connectivity index (χ2n) is 5.16. The molecule has 0 heterocycles. The lowest BCUT2D eigenvalue weighted by Crippen LogP contribution is -2.37. The lowest BCUT2D eigenvalue weighted by atomic mass is 10.2. The number of alkyl halides is 3. The summed E-state index contributed by atoms with van der Waals surface area (Å²) in [6.07, 6.45) is -7.16. The van der Waals surface area contributed by atoms with Crippen LogP contribution in [0.5, 0.6) is 11.5 Å². The van der Waals surface area contributed by atoms with E-state index >= 15 is 0 Å². The first kappa shape index (κ1) is 19.1. The van der Waals surface area contributed by atoms with E-state index in [2.05, 4.69) is 20.7 Å². The van der Waals surface area contributed by atoms with Gasteiger partial charge in [0.25, 0.3) is 0 Å². The number of halogens is 4. The lowest BCUT2D eigenvalue weighted by Gasteiger charge is -2.19. The number of hydrogen-bond donors (Lipinski definition) is 1. The Balaban J connectivity index is 2.74. The molecule has 1 aromatic rings. The summed E-state index contributed by atoms with van der Waals surface area (Å²) in [5, 5.41) is 1.77. The molecule has 0 aromatic heterocycles. The largest absolute Gasteiger partial charge is 0.573 e. The van der Waals surface area contributed by atoms with Crippen LogP contribution in [-0.4, -0.2) is 24.1 Å². The van der Waals surface area contributed by atoms with Crippen LogP contribution in [0.2, 0.25) is 0 Å². The minimum absolute atomic E-state index is 0.186. The Kier molecular flexibility index (Phi) is 5.86. The molecule has 0 saturated heterocycles. The maximum absolute atomic E-state index is 12.2. The number of ether oxygens (including phenoxy) is 3. The lowest BCUT2D eigenvalue weighted by molar-refractivity contribution is -0.274. The van der Waals surface area contributed by atoms with Crippen LogP contribution in [0.25, 0.3) is 0 Å². The number of carbonyl (C=O) groups excluding carboxylic acids is 2. The zero-order valence-corrected chi connectivity index (χ0v) is 13.9. The molecule has 1 N–H and O–H groups in total. The molecule has 0 bridgehead atoms. The highest BCUT2D eigenvalue weighted by molar-refractivity contribution is 9.10. The first-order valence-corrected chi connectivity index (χ1v) is 6.92. The minimum atomic E-state index is -4.89. The Morgan fingerprint density at radius 2 is 1.74 bits per heavy atom. The maximum Gasteiger partial charge on any atom is 0.573 e. The van der Waals surface area contributed by atoms with E-state index in [1.54, 1.807) is 26.1 Å². The van der Waals surface area contributed by atoms with E-state index < -0.39 is 29.9 Å². The summed E-state index contributed by atoms with van der Waals surface area (Å²) >= 11 is 3.00. The molecule has 0 atom stereocenters. The average Bonchev–Trinajstić information content (AvgIpc) is 2.28. The van der Waals surface area contributed by atoms with E-state index in [4.69, 9.17) is 9.47 Å². The van der Waals surface area contributed by atoms with Gasteiger partial charge in [0, 0.05) is 6.07 Å². The van der Waals surface area contributed by atoms with Crippen LogP contribution in [0.1, 0.15) is 20.8 Å². The summed E-state index contributed by atoms with van der Waals surface area (Å²) in [7, 11) is 0. The molecule has 0 fully saturated rings. The molecule has 128 valence electrons. The van der Waals surface area contributed by atoms with Crippen molar-refractivity contribution in [3.05, 3.63) is 22.7 Å². The van der Waals surface area contributed by atoms with Crippen LogP contribution in [0, 0.1) is 0 Å². The van der Waals surface area contributed by atoms with Crippen molar-refractivity contribution in [3.63, 3.8) is 0 Å². The van der Waals surface area contributed by atoms with Gasteiger partial charge in [0.2, 0.25) is 0 Å². The van der Waals surface area contributed by atoms with Gasteiger partial charge >= 0.3 is 18.5 Å². The molecule has 0 aliphatic heterocycles. The maximum atomic E-state index is 12.2. The Bertz CT molecular complexity index is 598. The van der Waals surface area contributed by atoms with Crippen molar-refractivity contribution in [2.24, 2.45) is 0 Å². The molecule has 0 aliphatic rings. The highest BCUT2D eigenvalue weighted by Gasteiger charge is 2.31. The van der Waals surface area contributed by atoms with E-state index in [0.29, 0.717) is 0 Å². The van der Waals surface area contributed by atoms with E-state index in [0.717, 1.165) is 12.1 Å². The third-order valence-corrected chi connectivity index (χ3v) is 2.60. The van der Waals surface area contributed by atoms with Gasteiger partial charge in [-0.2, -0.15) is 0 Å². The second-order valence-corrected chi connectivity index (χ2v) is 6.01. The smallest absolute Gasteiger partial charge is 0.443 e. The summed E-state index contributed by atoms with van der Waals surface area (Å²) < 4.78 is 49.9. The van der Waals surface area contributed by atoms with Crippen molar-refractivity contribution < 1.29 is 37.0 Å². The molecule has 1 rings (SSSR count). The number of amides is 2. The highest BCUT2D eigenvalue weighted by atomic mass is 79.9. The summed E-state index contributed by atoms with van der Waals surface area (Å²) in [6.45, 7) is 4.77. The number of nitrogens with one attached hydrogen (secondary N) is 1. The van der Waals surface area contributed by atoms with Crippen LogP contribution < -0.4 is 14.8 Å². The predicted molar refractivity (Wildman–Crippen MR) is 76.2 cm³/mol. The van der Waals surface area contributed by atoms with Gasteiger partial charge in [-0.25, -0.2) is 14.9 Å². The Morgan fingerprint density at radius 3 is 2.26 bits per heavy atom. The molecule has 0 radical (unpaired) electrons. The van der Waals surface area contributed by atoms with Crippen LogP contribution in [0.15, 0.2) is 22.7 Å². The number of hydrogen-bond acceptors (Lipinski definition) is 5. The second kappa shape index (κ2) is 7.07. The summed E-state index contributed by atoms with van der Waals surface area (Å²) in [5.74, 6) is -0.853. The molecule has 1 aromatic carbocycles. The third-order valence-electron chi connectivity index (χ3n) is 1.94. The van der Waals surface area contributed by atoms with Crippen LogP contribution in [0.4, 0.5) is 22.8 Å². The van der Waals surface area contributed by atoms with Gasteiger partial charge in [0.1, 0.15) is 11.4 Å². The summed E-state index contributed by atoms with van der Waals surface area (Å²) in [4.78, 5) is 22.9. The zero-order chi connectivity index (χ0) is 17.8. The van der Waals surface area contributed by atoms with Gasteiger partial charge in [-0.1, -0.05) is 0 Å². The predicted octanol–water partition coefficient (Wildman–Crippen LogP) is 4.37. The zero-order valence-electron chi connectivity index (χ0n) is 12.3. The molecule has 0 saturated carbocycles. The molecule has 0 unspecified atom stereocenters. The van der Waals surface area contributed by atoms with Gasteiger partial charge in [-0.15, -0.1) is 13.2 Å². The quantitative estimate of drug-likeness (QED) is 0.798. The molecule has 10 heteroatoms. The summed E-state index contributed by atoms with van der Waals surface area (Å²) in [6, 6.07) is 3.06. The minimum Gasteiger partial charge on any atom is -0.443 e. The SMILES string of the molecule is CC(C)(C)OC(=O)NC(=O)Oc1cc(OC(F)(F)F)ccc1Br. The van der Waals surface area contributed by atoms with Gasteiger partial charge in [-0.3, -0.25) is 0 Å². The van der Waals surface area contributed by atoms with Crippen molar-refractivity contribution in [3.8, 4) is 11.5 Å². The van der Waals surface area contributed by atoms with Crippen LogP contribution in [-0.2, 0) is 4.74 Å². The van der Waals surface area contributed by atoms with Crippen molar-refractivity contribution in [2.75, 3.05) is 0 Å². The molecule has 0 spiro atoms. The molecular formula is C13H13BrF3NO5. The van der Waals surface area contributed by atoms with Crippen molar-refractivity contribution in [2.45, 2.75) is 32.7 Å². The van der Waals surface area contributed by atoms with Crippen molar-refractivity contribution >= 4 is 28.1 Å². The van der Waals surface area contributed by atoms with E-state index in [1.807, 2.05) is 0 Å². The Morgan fingerprint density at radius 1 is 1.13 bits per heavy atom. The Labute approximate surface area is 138 Å². The highest BCUT2D eigenvalue weighted by Crippen LogP contribution is 2.32. The number of carbonyl (C=O) groups is 2. The topological polar surface area (TPSA) is 73.9 Å². The van der Waals surface area contributed by atoms with Crippen LogP contribution in [0.3, 0.4) is 0 Å². The van der Waals surface area contributed by atoms with E-state index in [9.17, 15) is 22.8 Å². The first-order valence-electron chi connectivity index (χ1n) is 6.13. The van der Waals surface area contributed by atoms with Gasteiger partial charge < -0.3 is 14.2 Å². The normalized spacial score (nSPS) is 11.6. The molecule has 2 amide bonds. The molecular weight excluding hydrogens is 387 g/mol. The third kappa shape index (κ3) is 7.73. The fourth-order valence-electron chi connectivity index (χ4n) is 1.27. The van der Waals surface area contributed by atoms with Crippen molar-refractivity contribution in [1.82, 2.24) is 5.32 Å². The monoisotopic (exact) mass is 399 g/mol. The van der Waals surface area contributed by atoms with E-state index in [1.165, 1.54) is 6.07 Å². The number of rotatable bonds is 2. The van der Waals surface area contributed by atoms with Crippen molar-refractivity contribution in [1.29, 1.82) is 0 Å². The number of benzene rings is 1. The van der Waals surface area contributed by atoms with Gasteiger partial charge in [0.05, 0.1) is 4.47 Å². The Hall–Kier alpha value is -1.97. The molecule has 23 heavy (non-hydrogen) atoms. The number of alkyl carbamates (subject to hydrolysis) is 1. The average molecular weight is 400 g/mol. The first-order chi connectivity index (χ1) is 10.4. The molecule has 0 aliphatic carbocycles. The fraction of sp³-hybridized carbons (Fsp3) is 0.385. The molecule has 6 nitrogen and oxygen atoms in total. The van der Waals surface area contributed by atoms with Gasteiger partial charge in [0.15, 0.2) is 5.75 Å². The van der Waals surface area contributed by atoms with Crippen LogP contribution >= 0.6 is 15.9 Å². The van der Waals surface area contributed by atoms with Gasteiger partial charge in [-0.05, 0) is 48.8 Å². The summed E-state index contributed by atoms with van der Waals surface area (Å²) in [5.41, 5.74) is -0.828. The van der Waals surface area contributed by atoms with E-state index in [-0.39, 0.29) is 10.2 Å². The fourth-order valence-corrected chi connectivity index (χ4v) is 1.60.